The maximum absolute atomic E-state index is 12.4. The summed E-state index contributed by atoms with van der Waals surface area (Å²) in [5.74, 6) is -0.246. The number of nitrogens with one attached hydrogen (secondary N) is 2. The Morgan fingerprint density at radius 2 is 2.13 bits per heavy atom. The highest BCUT2D eigenvalue weighted by Crippen LogP contribution is 2.23. The molecule has 1 aliphatic rings. The molecule has 1 aromatic heterocycles. The minimum absolute atomic E-state index is 0.246. The third kappa shape index (κ3) is 4.48. The minimum atomic E-state index is -0.605. The van der Waals surface area contributed by atoms with Crippen LogP contribution in [0.3, 0.4) is 0 Å². The first-order valence-corrected chi connectivity index (χ1v) is 10.0. The minimum Gasteiger partial charge on any atom is -0.367 e. The van der Waals surface area contributed by atoms with E-state index in [0.29, 0.717) is 19.6 Å². The maximum Gasteiger partial charge on any atom is 0.251 e. The van der Waals surface area contributed by atoms with Crippen LogP contribution in [0.15, 0.2) is 42.5 Å². The van der Waals surface area contributed by atoms with E-state index in [2.05, 4.69) is 27.0 Å². The molecule has 0 unspecified atom stereocenters. The second-order valence-electron chi connectivity index (χ2n) is 7.42. The lowest BCUT2D eigenvalue weighted by molar-refractivity contribution is -0.132. The molecule has 0 saturated carbocycles. The number of aromatic nitrogens is 3. The van der Waals surface area contributed by atoms with Crippen molar-refractivity contribution in [2.75, 3.05) is 19.7 Å². The van der Waals surface area contributed by atoms with Crippen LogP contribution in [0.25, 0.3) is 22.2 Å². The largest absolute Gasteiger partial charge is 0.367 e. The normalized spacial score (nSPS) is 17.8. The van der Waals surface area contributed by atoms with Crippen LogP contribution in [0.4, 0.5) is 0 Å². The van der Waals surface area contributed by atoms with Crippen molar-refractivity contribution in [2.45, 2.75) is 25.0 Å². The molecule has 1 aliphatic heterocycles. The molecule has 2 aromatic carbocycles. The molecule has 8 nitrogen and oxygen atoms in total. The lowest BCUT2D eigenvalue weighted by atomic mass is 10.0. The molecule has 0 aliphatic carbocycles. The van der Waals surface area contributed by atoms with Gasteiger partial charge in [-0.15, -0.1) is 5.10 Å². The predicted molar refractivity (Wildman–Crippen MR) is 112 cm³/mol. The van der Waals surface area contributed by atoms with E-state index in [-0.39, 0.29) is 5.91 Å². The molecule has 30 heavy (non-hydrogen) atoms. The zero-order valence-electron chi connectivity index (χ0n) is 16.8. The van der Waals surface area contributed by atoms with E-state index in [1.54, 1.807) is 4.68 Å². The van der Waals surface area contributed by atoms with Crippen molar-refractivity contribution in [3.63, 3.8) is 0 Å². The highest BCUT2D eigenvalue weighted by molar-refractivity contribution is 5.82. The summed E-state index contributed by atoms with van der Waals surface area (Å²) < 4.78 is 7.31. The molecule has 1 fully saturated rings. The Balaban J connectivity index is 1.41. The molecule has 8 heteroatoms. The number of nitriles is 1. The molecule has 2 atom stereocenters. The molecule has 154 valence electrons. The first-order valence-electron chi connectivity index (χ1n) is 10.0. The molecule has 0 spiro atoms. The fourth-order valence-corrected chi connectivity index (χ4v) is 3.57. The van der Waals surface area contributed by atoms with Gasteiger partial charge >= 0.3 is 0 Å². The van der Waals surface area contributed by atoms with E-state index in [1.165, 1.54) is 0 Å². The van der Waals surface area contributed by atoms with Crippen molar-refractivity contribution in [1.29, 1.82) is 5.26 Å². The molecule has 1 saturated heterocycles. The molecule has 0 bridgehead atoms. The SMILES string of the molecule is Cn1nnc2cc(-c3ccc(C[C@@H](C#N)NC(=O)[C@@H]4CNCCCO4)cc3)ccc21. The van der Waals surface area contributed by atoms with Crippen LogP contribution in [-0.2, 0) is 23.0 Å². The third-order valence-corrected chi connectivity index (χ3v) is 5.25. The standard InChI is InChI=1S/C22H24N6O2/c1-28-20-8-7-17(12-19(20)26-27-28)16-5-3-15(4-6-16)11-18(13-23)25-22(29)21-14-24-9-2-10-30-21/h3-8,12,18,21,24H,2,9-11,14H2,1H3,(H,25,29)/t18-,21-/m0/s1. The van der Waals surface area contributed by atoms with Crippen LogP contribution in [-0.4, -0.2) is 52.7 Å². The van der Waals surface area contributed by atoms with Gasteiger partial charge in [0.15, 0.2) is 0 Å². The van der Waals surface area contributed by atoms with Gasteiger partial charge in [0, 0.05) is 26.6 Å². The van der Waals surface area contributed by atoms with Crippen molar-refractivity contribution in [2.24, 2.45) is 7.05 Å². The number of fused-ring (bicyclic) bond motifs is 1. The molecule has 1 amide bonds. The summed E-state index contributed by atoms with van der Waals surface area (Å²) in [6, 6.07) is 15.6. The van der Waals surface area contributed by atoms with Crippen LogP contribution in [0.5, 0.6) is 0 Å². The average Bonchev–Trinajstić information content (AvgIpc) is 2.96. The van der Waals surface area contributed by atoms with Crippen LogP contribution in [0.2, 0.25) is 0 Å². The first-order chi connectivity index (χ1) is 14.6. The van der Waals surface area contributed by atoms with Gasteiger partial charge in [-0.25, -0.2) is 4.68 Å². The highest BCUT2D eigenvalue weighted by Gasteiger charge is 2.23. The first kappa shape index (κ1) is 20.0. The summed E-state index contributed by atoms with van der Waals surface area (Å²) in [6.07, 6.45) is 0.759. The van der Waals surface area contributed by atoms with Gasteiger partial charge in [-0.05, 0) is 41.8 Å². The van der Waals surface area contributed by atoms with Crippen molar-refractivity contribution in [3.8, 4) is 17.2 Å². The predicted octanol–water partition coefficient (Wildman–Crippen LogP) is 1.56. The number of aryl methyl sites for hydroxylation is 1. The third-order valence-electron chi connectivity index (χ3n) is 5.25. The van der Waals surface area contributed by atoms with Gasteiger partial charge in [-0.1, -0.05) is 35.5 Å². The van der Waals surface area contributed by atoms with Gasteiger partial charge < -0.3 is 15.4 Å². The number of hydrogen-bond donors (Lipinski definition) is 2. The summed E-state index contributed by atoms with van der Waals surface area (Å²) in [7, 11) is 1.87. The number of benzene rings is 2. The van der Waals surface area contributed by atoms with Crippen LogP contribution in [0.1, 0.15) is 12.0 Å². The van der Waals surface area contributed by atoms with Crippen molar-refractivity contribution < 1.29 is 9.53 Å². The van der Waals surface area contributed by atoms with Crippen molar-refractivity contribution in [1.82, 2.24) is 25.6 Å². The lowest BCUT2D eigenvalue weighted by Crippen LogP contribution is -2.46. The molecule has 4 rings (SSSR count). The zero-order chi connectivity index (χ0) is 20.9. The Hall–Kier alpha value is -3.28. The van der Waals surface area contributed by atoms with Crippen LogP contribution >= 0.6 is 0 Å². The highest BCUT2D eigenvalue weighted by atomic mass is 16.5. The van der Waals surface area contributed by atoms with E-state index >= 15 is 0 Å². The van der Waals surface area contributed by atoms with E-state index < -0.39 is 12.1 Å². The van der Waals surface area contributed by atoms with E-state index in [9.17, 15) is 10.1 Å². The number of hydrogen-bond acceptors (Lipinski definition) is 6. The number of nitrogens with zero attached hydrogens (tertiary/aromatic N) is 4. The molecular weight excluding hydrogens is 380 g/mol. The smallest absolute Gasteiger partial charge is 0.251 e. The molecule has 2 N–H and O–H groups in total. The number of amides is 1. The van der Waals surface area contributed by atoms with Gasteiger partial charge in [0.05, 0.1) is 11.6 Å². The fourth-order valence-electron chi connectivity index (χ4n) is 3.57. The Morgan fingerprint density at radius 3 is 2.93 bits per heavy atom. The van der Waals surface area contributed by atoms with Crippen molar-refractivity contribution in [3.05, 3.63) is 48.0 Å². The number of rotatable bonds is 5. The van der Waals surface area contributed by atoms with E-state index in [1.807, 2.05) is 49.5 Å². The fraction of sp³-hybridized carbons (Fsp3) is 0.364. The van der Waals surface area contributed by atoms with Gasteiger partial charge in [0.25, 0.3) is 5.91 Å². The molecular formula is C22H24N6O2. The van der Waals surface area contributed by atoms with Gasteiger partial charge in [-0.3, -0.25) is 4.79 Å². The van der Waals surface area contributed by atoms with Crippen molar-refractivity contribution >= 4 is 16.9 Å². The number of carbonyl (C=O) groups is 1. The molecule has 0 radical (unpaired) electrons. The maximum atomic E-state index is 12.4. The molecule has 3 aromatic rings. The summed E-state index contributed by atoms with van der Waals surface area (Å²) in [5.41, 5.74) is 4.92. The quantitative estimate of drug-likeness (QED) is 0.669. The van der Waals surface area contributed by atoms with E-state index in [0.717, 1.165) is 40.7 Å². The second kappa shape index (κ2) is 9.03. The van der Waals surface area contributed by atoms with Gasteiger partial charge in [0.2, 0.25) is 0 Å². The van der Waals surface area contributed by atoms with Crippen LogP contribution < -0.4 is 10.6 Å². The lowest BCUT2D eigenvalue weighted by Gasteiger charge is -2.18. The van der Waals surface area contributed by atoms with Crippen LogP contribution in [0, 0.1) is 11.3 Å². The van der Waals surface area contributed by atoms with Gasteiger partial charge in [-0.2, -0.15) is 5.26 Å². The Kier molecular flexibility index (Phi) is 6.02. The average molecular weight is 404 g/mol. The summed E-state index contributed by atoms with van der Waals surface area (Å²) in [4.78, 5) is 12.4. The topological polar surface area (TPSA) is 105 Å². The second-order valence-corrected chi connectivity index (χ2v) is 7.42. The number of ether oxygens (including phenoxy) is 1. The monoisotopic (exact) mass is 404 g/mol. The molecule has 2 heterocycles. The Bertz CT molecular complexity index is 1060. The summed E-state index contributed by atoms with van der Waals surface area (Å²) in [5, 5.41) is 23.7. The summed E-state index contributed by atoms with van der Waals surface area (Å²) in [6.45, 7) is 1.85. The zero-order valence-corrected chi connectivity index (χ0v) is 16.8. The summed E-state index contributed by atoms with van der Waals surface area (Å²) >= 11 is 0. The van der Waals surface area contributed by atoms with Gasteiger partial charge in [0.1, 0.15) is 17.7 Å². The Labute approximate surface area is 174 Å². The Morgan fingerprint density at radius 1 is 1.33 bits per heavy atom. The van der Waals surface area contributed by atoms with E-state index in [4.69, 9.17) is 4.74 Å². The number of carbonyl (C=O) groups excluding carboxylic acids is 1.